The van der Waals surface area contributed by atoms with Crippen LogP contribution in [0, 0.1) is 6.92 Å². The molecule has 30 heavy (non-hydrogen) atoms. The molecule has 1 aliphatic carbocycles. The lowest BCUT2D eigenvalue weighted by atomic mass is 9.93. The maximum absolute atomic E-state index is 13.3. The number of furan rings is 1. The van der Waals surface area contributed by atoms with E-state index in [2.05, 4.69) is 20.6 Å². The van der Waals surface area contributed by atoms with Crippen molar-refractivity contribution < 1.29 is 9.21 Å². The normalized spacial score (nSPS) is 16.0. The second-order valence-electron chi connectivity index (χ2n) is 7.37. The van der Waals surface area contributed by atoms with E-state index in [1.165, 1.54) is 5.69 Å². The highest BCUT2D eigenvalue weighted by atomic mass is 32.2. The molecule has 3 aromatic heterocycles. The van der Waals surface area contributed by atoms with E-state index >= 15 is 0 Å². The summed E-state index contributed by atoms with van der Waals surface area (Å²) >= 11 is 3.13. The first-order valence-corrected chi connectivity index (χ1v) is 11.7. The highest BCUT2D eigenvalue weighted by Gasteiger charge is 2.28. The number of hydrogen-bond donors (Lipinski definition) is 1. The summed E-state index contributed by atoms with van der Waals surface area (Å²) in [6.45, 7) is 1.94. The molecule has 1 atom stereocenters. The lowest BCUT2D eigenvalue weighted by molar-refractivity contribution is 0.0905. The summed E-state index contributed by atoms with van der Waals surface area (Å²) in [5.74, 6) is 0.787. The molecule has 0 saturated carbocycles. The molecule has 7 nitrogen and oxygen atoms in total. The highest BCUT2D eigenvalue weighted by molar-refractivity contribution is 8.00. The number of fused-ring (bicyclic) bond motifs is 2. The predicted octanol–water partition coefficient (Wildman–Crippen LogP) is 4.43. The standard InChI is InChI=1S/C21H21N5O2S2/c1-12-24-25-21(30-12)29-11-15-13-6-3-4-9-18(13)28-19(15)20(27)23-16-7-5-8-17-14(16)10-22-26(17)2/h3-4,6,9-10,16H,5,7-8,11H2,1-2H3,(H,23,27)/t16-/m0/s1. The van der Waals surface area contributed by atoms with E-state index in [0.717, 1.165) is 50.7 Å². The second-order valence-corrected chi connectivity index (χ2v) is 9.77. The first-order valence-electron chi connectivity index (χ1n) is 9.85. The number of rotatable bonds is 5. The van der Waals surface area contributed by atoms with E-state index < -0.39 is 0 Å². The average Bonchev–Trinajstić information content (AvgIpc) is 3.44. The summed E-state index contributed by atoms with van der Waals surface area (Å²) in [4.78, 5) is 13.3. The molecular weight excluding hydrogens is 418 g/mol. The van der Waals surface area contributed by atoms with Crippen molar-refractivity contribution in [2.45, 2.75) is 42.3 Å². The van der Waals surface area contributed by atoms with E-state index in [9.17, 15) is 4.79 Å². The minimum atomic E-state index is -0.183. The highest BCUT2D eigenvalue weighted by Crippen LogP contribution is 2.34. The van der Waals surface area contributed by atoms with Crippen molar-refractivity contribution >= 4 is 40.0 Å². The van der Waals surface area contributed by atoms with Gasteiger partial charge in [-0.15, -0.1) is 10.2 Å². The van der Waals surface area contributed by atoms with Crippen molar-refractivity contribution in [3.05, 3.63) is 58.1 Å². The van der Waals surface area contributed by atoms with Gasteiger partial charge in [0.05, 0.1) is 12.2 Å². The van der Waals surface area contributed by atoms with Crippen LogP contribution >= 0.6 is 23.1 Å². The third-order valence-corrected chi connectivity index (χ3v) is 7.43. The molecule has 0 saturated heterocycles. The van der Waals surface area contributed by atoms with Crippen LogP contribution in [-0.2, 0) is 19.2 Å². The largest absolute Gasteiger partial charge is 0.451 e. The van der Waals surface area contributed by atoms with Crippen molar-refractivity contribution in [2.75, 3.05) is 0 Å². The van der Waals surface area contributed by atoms with Gasteiger partial charge < -0.3 is 9.73 Å². The predicted molar refractivity (Wildman–Crippen MR) is 117 cm³/mol. The van der Waals surface area contributed by atoms with E-state index in [0.29, 0.717) is 11.5 Å². The minimum absolute atomic E-state index is 0.0468. The van der Waals surface area contributed by atoms with Crippen molar-refractivity contribution in [3.63, 3.8) is 0 Å². The zero-order valence-corrected chi connectivity index (χ0v) is 18.3. The molecule has 4 aromatic rings. The summed E-state index contributed by atoms with van der Waals surface area (Å²) in [7, 11) is 1.95. The summed E-state index contributed by atoms with van der Waals surface area (Å²) in [6.07, 6.45) is 4.79. The molecule has 0 aliphatic heterocycles. The summed E-state index contributed by atoms with van der Waals surface area (Å²) in [5, 5.41) is 17.7. The molecule has 154 valence electrons. The average molecular weight is 440 g/mol. The number of hydrogen-bond acceptors (Lipinski definition) is 7. The minimum Gasteiger partial charge on any atom is -0.451 e. The van der Waals surface area contributed by atoms with Gasteiger partial charge in [-0.1, -0.05) is 41.3 Å². The first-order chi connectivity index (χ1) is 14.6. The fraction of sp³-hybridized carbons (Fsp3) is 0.333. The van der Waals surface area contributed by atoms with E-state index in [1.54, 1.807) is 23.1 Å². The van der Waals surface area contributed by atoms with Gasteiger partial charge in [0.1, 0.15) is 10.6 Å². The molecule has 3 heterocycles. The number of aryl methyl sites for hydroxylation is 2. The second kappa shape index (κ2) is 7.88. The number of para-hydroxylation sites is 1. The molecule has 0 fully saturated rings. The number of carbonyl (C=O) groups is 1. The molecule has 1 aliphatic rings. The number of benzene rings is 1. The Morgan fingerprint density at radius 3 is 3.07 bits per heavy atom. The van der Waals surface area contributed by atoms with Crippen molar-refractivity contribution in [1.29, 1.82) is 0 Å². The van der Waals surface area contributed by atoms with Gasteiger partial charge in [-0.05, 0) is 32.3 Å². The molecule has 1 N–H and O–H groups in total. The molecule has 0 radical (unpaired) electrons. The lowest BCUT2D eigenvalue weighted by Gasteiger charge is -2.23. The van der Waals surface area contributed by atoms with Crippen LogP contribution in [-0.4, -0.2) is 25.9 Å². The van der Waals surface area contributed by atoms with Gasteiger partial charge in [-0.25, -0.2) is 0 Å². The fourth-order valence-electron chi connectivity index (χ4n) is 3.98. The third-order valence-electron chi connectivity index (χ3n) is 5.43. The zero-order chi connectivity index (χ0) is 20.7. The van der Waals surface area contributed by atoms with E-state index in [-0.39, 0.29) is 11.9 Å². The molecule has 0 unspecified atom stereocenters. The number of nitrogens with zero attached hydrogens (tertiary/aromatic N) is 4. The molecule has 0 bridgehead atoms. The molecule has 5 rings (SSSR count). The van der Waals surface area contributed by atoms with Crippen LogP contribution in [0.25, 0.3) is 11.0 Å². The van der Waals surface area contributed by atoms with Gasteiger partial charge in [0.15, 0.2) is 10.1 Å². The monoisotopic (exact) mass is 439 g/mol. The topological polar surface area (TPSA) is 85.8 Å². The van der Waals surface area contributed by atoms with Gasteiger partial charge in [-0.3, -0.25) is 9.48 Å². The zero-order valence-electron chi connectivity index (χ0n) is 16.7. The van der Waals surface area contributed by atoms with Crippen molar-refractivity contribution in [1.82, 2.24) is 25.3 Å². The van der Waals surface area contributed by atoms with Gasteiger partial charge in [-0.2, -0.15) is 5.10 Å². The number of thioether (sulfide) groups is 1. The van der Waals surface area contributed by atoms with Crippen molar-refractivity contribution in [2.24, 2.45) is 7.05 Å². The molecule has 1 amide bonds. The number of nitrogens with one attached hydrogen (secondary N) is 1. The summed E-state index contributed by atoms with van der Waals surface area (Å²) in [5.41, 5.74) is 3.91. The molecule has 1 aromatic carbocycles. The van der Waals surface area contributed by atoms with Gasteiger partial charge in [0.25, 0.3) is 5.91 Å². The fourth-order valence-corrected chi connectivity index (χ4v) is 5.82. The van der Waals surface area contributed by atoms with Crippen LogP contribution in [0.5, 0.6) is 0 Å². The van der Waals surface area contributed by atoms with Crippen LogP contribution in [0.3, 0.4) is 0 Å². The Balaban J connectivity index is 1.44. The third kappa shape index (κ3) is 3.52. The van der Waals surface area contributed by atoms with E-state index in [4.69, 9.17) is 4.42 Å². The smallest absolute Gasteiger partial charge is 0.287 e. The van der Waals surface area contributed by atoms with Crippen LogP contribution in [0.15, 0.2) is 39.2 Å². The van der Waals surface area contributed by atoms with Gasteiger partial charge >= 0.3 is 0 Å². The Morgan fingerprint density at radius 2 is 2.23 bits per heavy atom. The number of aromatic nitrogens is 4. The Bertz CT molecular complexity index is 1230. The molecule has 0 spiro atoms. The number of amides is 1. The maximum Gasteiger partial charge on any atom is 0.287 e. The number of carbonyl (C=O) groups excluding carboxylic acids is 1. The van der Waals surface area contributed by atoms with Crippen LogP contribution < -0.4 is 5.32 Å². The van der Waals surface area contributed by atoms with Crippen LogP contribution in [0.1, 0.15) is 51.3 Å². The SMILES string of the molecule is Cc1nnc(SCc2c(C(=O)N[C@H]3CCCc4c3cnn4C)oc3ccccc23)s1. The summed E-state index contributed by atoms with van der Waals surface area (Å²) < 4.78 is 8.80. The Hall–Kier alpha value is -2.65. The lowest BCUT2D eigenvalue weighted by Crippen LogP contribution is -2.31. The van der Waals surface area contributed by atoms with Crippen LogP contribution in [0.4, 0.5) is 0 Å². The Kier molecular flexibility index (Phi) is 5.08. The van der Waals surface area contributed by atoms with Gasteiger partial charge in [0, 0.05) is 35.0 Å². The van der Waals surface area contributed by atoms with Crippen LogP contribution in [0.2, 0.25) is 0 Å². The molecule has 9 heteroatoms. The molecular formula is C21H21N5O2S2. The van der Waals surface area contributed by atoms with Gasteiger partial charge in [0.2, 0.25) is 0 Å². The maximum atomic E-state index is 13.3. The Labute approximate surface area is 181 Å². The quantitative estimate of drug-likeness (QED) is 0.463. The summed E-state index contributed by atoms with van der Waals surface area (Å²) in [6, 6.07) is 7.73. The van der Waals surface area contributed by atoms with E-state index in [1.807, 2.05) is 49.1 Å². The van der Waals surface area contributed by atoms with Crippen molar-refractivity contribution in [3.8, 4) is 0 Å². The Morgan fingerprint density at radius 1 is 1.37 bits per heavy atom. The first kappa shape index (κ1) is 19.3.